The molecule has 0 aliphatic carbocycles. The molecule has 0 saturated carbocycles. The lowest BCUT2D eigenvalue weighted by Gasteiger charge is -2.05. The van der Waals surface area contributed by atoms with Crippen LogP contribution in [0.3, 0.4) is 0 Å². The highest BCUT2D eigenvalue weighted by molar-refractivity contribution is 6.36. The zero-order valence-electron chi connectivity index (χ0n) is 9.07. The molecular formula is C11H8ClN5O. The van der Waals surface area contributed by atoms with Crippen LogP contribution in [0.2, 0.25) is 5.02 Å². The van der Waals surface area contributed by atoms with Crippen molar-refractivity contribution in [1.29, 1.82) is 0 Å². The van der Waals surface area contributed by atoms with Crippen molar-refractivity contribution in [3.63, 3.8) is 0 Å². The SMILES string of the molecule is Nc1nc(-c2n[nH]c(=O)[nH]2)cc2cccc(Cl)c12. The Morgan fingerprint density at radius 3 is 2.89 bits per heavy atom. The fraction of sp³-hybridized carbons (Fsp3) is 0. The van der Waals surface area contributed by atoms with E-state index in [4.69, 9.17) is 17.3 Å². The predicted octanol–water partition coefficient (Wildman–Crippen LogP) is 1.55. The molecule has 2 aromatic heterocycles. The van der Waals surface area contributed by atoms with Crippen LogP contribution in [0.15, 0.2) is 29.1 Å². The van der Waals surface area contributed by atoms with E-state index in [9.17, 15) is 4.79 Å². The maximum Gasteiger partial charge on any atom is 0.340 e. The molecule has 2 heterocycles. The van der Waals surface area contributed by atoms with Crippen LogP contribution in [-0.4, -0.2) is 20.2 Å². The summed E-state index contributed by atoms with van der Waals surface area (Å²) in [6.07, 6.45) is 0. The fourth-order valence-electron chi connectivity index (χ4n) is 1.81. The van der Waals surface area contributed by atoms with Gasteiger partial charge in [0.2, 0.25) is 0 Å². The van der Waals surface area contributed by atoms with Gasteiger partial charge < -0.3 is 5.73 Å². The number of nitrogens with two attached hydrogens (primary N) is 1. The van der Waals surface area contributed by atoms with Crippen molar-refractivity contribution in [2.75, 3.05) is 5.73 Å². The van der Waals surface area contributed by atoms with Crippen molar-refractivity contribution in [3.05, 3.63) is 39.8 Å². The first-order chi connectivity index (χ1) is 8.65. The molecule has 0 amide bonds. The van der Waals surface area contributed by atoms with E-state index in [1.165, 1.54) is 0 Å². The Bertz CT molecular complexity index is 791. The van der Waals surface area contributed by atoms with E-state index >= 15 is 0 Å². The van der Waals surface area contributed by atoms with Crippen LogP contribution in [0.1, 0.15) is 0 Å². The maximum atomic E-state index is 11.0. The quantitative estimate of drug-likeness (QED) is 0.619. The van der Waals surface area contributed by atoms with E-state index in [1.807, 2.05) is 12.1 Å². The van der Waals surface area contributed by atoms with Crippen molar-refractivity contribution in [3.8, 4) is 11.5 Å². The Hall–Kier alpha value is -2.34. The zero-order valence-corrected chi connectivity index (χ0v) is 9.82. The topological polar surface area (TPSA) is 100 Å². The summed E-state index contributed by atoms with van der Waals surface area (Å²) >= 11 is 6.07. The summed E-state index contributed by atoms with van der Waals surface area (Å²) in [7, 11) is 0. The number of halogens is 1. The fourth-order valence-corrected chi connectivity index (χ4v) is 2.09. The molecule has 3 aromatic rings. The van der Waals surface area contributed by atoms with Crippen LogP contribution in [0.5, 0.6) is 0 Å². The minimum absolute atomic E-state index is 0.303. The molecule has 0 bridgehead atoms. The molecule has 1 aromatic carbocycles. The molecule has 4 N–H and O–H groups in total. The largest absolute Gasteiger partial charge is 0.383 e. The third kappa shape index (κ3) is 1.63. The van der Waals surface area contributed by atoms with Gasteiger partial charge in [-0.15, -0.1) is 0 Å². The molecule has 0 atom stereocenters. The summed E-state index contributed by atoms with van der Waals surface area (Å²) in [6.45, 7) is 0. The molecule has 0 radical (unpaired) electrons. The molecule has 3 rings (SSSR count). The van der Waals surface area contributed by atoms with Gasteiger partial charge in [0.25, 0.3) is 0 Å². The minimum atomic E-state index is -0.392. The van der Waals surface area contributed by atoms with Crippen LogP contribution < -0.4 is 11.4 Å². The van der Waals surface area contributed by atoms with Gasteiger partial charge >= 0.3 is 5.69 Å². The van der Waals surface area contributed by atoms with E-state index in [0.717, 1.165) is 5.39 Å². The smallest absolute Gasteiger partial charge is 0.340 e. The van der Waals surface area contributed by atoms with Crippen LogP contribution in [-0.2, 0) is 0 Å². The second-order valence-corrected chi connectivity index (χ2v) is 4.16. The number of H-pyrrole nitrogens is 2. The van der Waals surface area contributed by atoms with Crippen LogP contribution >= 0.6 is 11.6 Å². The molecular weight excluding hydrogens is 254 g/mol. The van der Waals surface area contributed by atoms with Gasteiger partial charge in [-0.25, -0.2) is 14.9 Å². The first-order valence-corrected chi connectivity index (χ1v) is 5.53. The van der Waals surface area contributed by atoms with Gasteiger partial charge in [-0.2, -0.15) is 5.10 Å². The van der Waals surface area contributed by atoms with Crippen LogP contribution in [0.25, 0.3) is 22.3 Å². The van der Waals surface area contributed by atoms with E-state index in [1.54, 1.807) is 12.1 Å². The van der Waals surface area contributed by atoms with Crippen molar-refractivity contribution >= 4 is 28.2 Å². The molecule has 0 spiro atoms. The summed E-state index contributed by atoms with van der Waals surface area (Å²) in [5.74, 6) is 0.644. The summed E-state index contributed by atoms with van der Waals surface area (Å²) in [5.41, 5.74) is 5.97. The van der Waals surface area contributed by atoms with Crippen molar-refractivity contribution in [2.24, 2.45) is 0 Å². The number of nitrogen functional groups attached to an aromatic ring is 1. The molecule has 0 aliphatic rings. The Balaban J connectivity index is 2.31. The van der Waals surface area contributed by atoms with E-state index in [2.05, 4.69) is 20.2 Å². The first kappa shape index (κ1) is 10.8. The van der Waals surface area contributed by atoms with Gasteiger partial charge in [-0.05, 0) is 17.5 Å². The molecule has 0 fully saturated rings. The average molecular weight is 262 g/mol. The zero-order chi connectivity index (χ0) is 12.7. The normalized spacial score (nSPS) is 10.9. The second kappa shape index (κ2) is 3.85. The molecule has 0 saturated heterocycles. The van der Waals surface area contributed by atoms with Gasteiger partial charge in [0.1, 0.15) is 11.5 Å². The Labute approximate surface area is 106 Å². The number of nitrogens with one attached hydrogen (secondary N) is 2. The highest BCUT2D eigenvalue weighted by Gasteiger charge is 2.10. The summed E-state index contributed by atoms with van der Waals surface area (Å²) in [4.78, 5) is 17.7. The highest BCUT2D eigenvalue weighted by atomic mass is 35.5. The molecule has 18 heavy (non-hydrogen) atoms. The minimum Gasteiger partial charge on any atom is -0.383 e. The van der Waals surface area contributed by atoms with Crippen molar-refractivity contribution in [1.82, 2.24) is 20.2 Å². The van der Waals surface area contributed by atoms with Gasteiger partial charge in [0.15, 0.2) is 5.82 Å². The summed E-state index contributed by atoms with van der Waals surface area (Å²) in [6, 6.07) is 7.20. The number of fused-ring (bicyclic) bond motifs is 1. The highest BCUT2D eigenvalue weighted by Crippen LogP contribution is 2.29. The van der Waals surface area contributed by atoms with Crippen LogP contribution in [0.4, 0.5) is 5.82 Å². The van der Waals surface area contributed by atoms with Crippen LogP contribution in [0, 0.1) is 0 Å². The Morgan fingerprint density at radius 2 is 2.17 bits per heavy atom. The van der Waals surface area contributed by atoms with E-state index in [0.29, 0.717) is 27.7 Å². The Morgan fingerprint density at radius 1 is 1.33 bits per heavy atom. The standard InChI is InChI=1S/C11H8ClN5O/c12-6-3-1-2-5-4-7(14-9(13)8(5)6)10-15-11(18)17-16-10/h1-4H,(H2,13,14)(H2,15,16,17,18). The molecule has 90 valence electrons. The number of hydrogen-bond acceptors (Lipinski definition) is 4. The number of rotatable bonds is 1. The number of anilines is 1. The predicted molar refractivity (Wildman–Crippen MR) is 69.4 cm³/mol. The summed E-state index contributed by atoms with van der Waals surface area (Å²) < 4.78 is 0. The molecule has 7 heteroatoms. The van der Waals surface area contributed by atoms with Crippen molar-refractivity contribution in [2.45, 2.75) is 0 Å². The van der Waals surface area contributed by atoms with Crippen molar-refractivity contribution < 1.29 is 0 Å². The first-order valence-electron chi connectivity index (χ1n) is 5.15. The van der Waals surface area contributed by atoms with Gasteiger partial charge in [0.05, 0.1) is 5.02 Å². The summed E-state index contributed by atoms with van der Waals surface area (Å²) in [5, 5.41) is 8.17. The monoisotopic (exact) mass is 261 g/mol. The lowest BCUT2D eigenvalue weighted by molar-refractivity contribution is 1.05. The van der Waals surface area contributed by atoms with E-state index < -0.39 is 5.69 Å². The molecule has 0 aliphatic heterocycles. The third-order valence-corrected chi connectivity index (χ3v) is 2.89. The van der Waals surface area contributed by atoms with Gasteiger partial charge in [-0.1, -0.05) is 23.7 Å². The average Bonchev–Trinajstić information content (AvgIpc) is 2.75. The maximum absolute atomic E-state index is 11.0. The number of aromatic nitrogens is 4. The Kier molecular flexibility index (Phi) is 2.31. The van der Waals surface area contributed by atoms with Gasteiger partial charge in [0, 0.05) is 5.39 Å². The van der Waals surface area contributed by atoms with E-state index in [-0.39, 0.29) is 0 Å². The van der Waals surface area contributed by atoms with Gasteiger partial charge in [-0.3, -0.25) is 4.98 Å². The molecule has 6 nitrogen and oxygen atoms in total. The number of nitrogens with zero attached hydrogens (tertiary/aromatic N) is 2. The molecule has 0 unspecified atom stereocenters. The number of benzene rings is 1. The lowest BCUT2D eigenvalue weighted by atomic mass is 10.1. The third-order valence-electron chi connectivity index (χ3n) is 2.58. The number of aromatic amines is 2. The number of pyridine rings is 1. The lowest BCUT2D eigenvalue weighted by Crippen LogP contribution is -2.01. The number of hydrogen-bond donors (Lipinski definition) is 3. The second-order valence-electron chi connectivity index (χ2n) is 3.76.